The Morgan fingerprint density at radius 3 is 2.93 bits per heavy atom. The molecule has 3 heterocycles. The Morgan fingerprint density at radius 2 is 2.14 bits per heavy atom. The zero-order valence-electron chi connectivity index (χ0n) is 15.6. The Kier molecular flexibility index (Phi) is 4.60. The third kappa shape index (κ3) is 3.02. The molecule has 0 aliphatic heterocycles. The largest absolute Gasteiger partial charge is 0.497 e. The fraction of sp³-hybridized carbons (Fsp3) is 0.250. The van der Waals surface area contributed by atoms with E-state index in [0.29, 0.717) is 24.1 Å². The first-order valence-electron chi connectivity index (χ1n) is 8.99. The van der Waals surface area contributed by atoms with Crippen molar-refractivity contribution >= 4 is 22.5 Å². The molecule has 0 aliphatic rings. The molecule has 8 nitrogen and oxygen atoms in total. The van der Waals surface area contributed by atoms with Gasteiger partial charge in [-0.25, -0.2) is 4.68 Å². The van der Waals surface area contributed by atoms with Gasteiger partial charge in [-0.15, -0.1) is 0 Å². The van der Waals surface area contributed by atoms with Gasteiger partial charge in [0.2, 0.25) is 5.91 Å². The van der Waals surface area contributed by atoms with Crippen LogP contribution >= 0.6 is 0 Å². The molecule has 0 fully saturated rings. The second-order valence-electron chi connectivity index (χ2n) is 6.44. The van der Waals surface area contributed by atoms with Crippen LogP contribution in [-0.2, 0) is 11.3 Å². The molecule has 1 amide bonds. The fourth-order valence-electron chi connectivity index (χ4n) is 3.29. The number of methoxy groups -OCH3 is 1. The number of aromatic nitrogens is 3. The number of nitrogens with zero attached hydrogens (tertiary/aromatic N) is 3. The van der Waals surface area contributed by atoms with Gasteiger partial charge in [0.05, 0.1) is 18.9 Å². The summed E-state index contributed by atoms with van der Waals surface area (Å²) in [6, 6.07) is 10.2. The molecular weight excluding hydrogens is 360 g/mol. The van der Waals surface area contributed by atoms with E-state index in [1.54, 1.807) is 29.9 Å². The number of nitrogens with one attached hydrogen (secondary N) is 1. The highest BCUT2D eigenvalue weighted by Gasteiger charge is 2.22. The van der Waals surface area contributed by atoms with Gasteiger partial charge in [-0.3, -0.25) is 14.0 Å². The van der Waals surface area contributed by atoms with Gasteiger partial charge in [0.1, 0.15) is 23.6 Å². The highest BCUT2D eigenvalue weighted by molar-refractivity contribution is 5.82. The number of amides is 1. The third-order valence-corrected chi connectivity index (χ3v) is 4.76. The lowest BCUT2D eigenvalue weighted by Gasteiger charge is -2.17. The van der Waals surface area contributed by atoms with Crippen molar-refractivity contribution in [3.63, 3.8) is 0 Å². The normalized spacial score (nSPS) is 12.4. The van der Waals surface area contributed by atoms with E-state index in [1.807, 2.05) is 31.2 Å². The molecular formula is C20H20N4O4. The highest BCUT2D eigenvalue weighted by atomic mass is 16.5. The number of carbonyl (C=O) groups is 1. The molecule has 1 aromatic carbocycles. The van der Waals surface area contributed by atoms with Crippen molar-refractivity contribution in [3.05, 3.63) is 64.9 Å². The van der Waals surface area contributed by atoms with Crippen molar-refractivity contribution in [3.8, 4) is 5.75 Å². The Morgan fingerprint density at radius 1 is 1.29 bits per heavy atom. The van der Waals surface area contributed by atoms with Crippen molar-refractivity contribution in [2.45, 2.75) is 25.9 Å². The van der Waals surface area contributed by atoms with Crippen LogP contribution in [-0.4, -0.2) is 27.2 Å². The molecule has 0 spiro atoms. The molecule has 4 rings (SSSR count). The number of hydrogen-bond acceptors (Lipinski definition) is 5. The summed E-state index contributed by atoms with van der Waals surface area (Å²) in [6.07, 6.45) is 3.53. The summed E-state index contributed by atoms with van der Waals surface area (Å²) in [5.41, 5.74) is 2.36. The van der Waals surface area contributed by atoms with Crippen molar-refractivity contribution in [1.82, 2.24) is 19.5 Å². The summed E-state index contributed by atoms with van der Waals surface area (Å²) >= 11 is 0. The number of rotatable bonds is 6. The third-order valence-electron chi connectivity index (χ3n) is 4.76. The first-order chi connectivity index (χ1) is 13.6. The first kappa shape index (κ1) is 17.8. The minimum absolute atomic E-state index is 0.264. The zero-order valence-corrected chi connectivity index (χ0v) is 15.6. The van der Waals surface area contributed by atoms with E-state index in [-0.39, 0.29) is 11.5 Å². The lowest BCUT2D eigenvalue weighted by molar-refractivity contribution is -0.125. The second-order valence-corrected chi connectivity index (χ2v) is 6.44. The summed E-state index contributed by atoms with van der Waals surface area (Å²) in [6.45, 7) is 2.18. The quantitative estimate of drug-likeness (QED) is 0.555. The average Bonchev–Trinajstić information content (AvgIpc) is 3.31. The second kappa shape index (κ2) is 7.22. The molecule has 1 N–H and O–H groups in total. The molecule has 0 aliphatic carbocycles. The Balaban J connectivity index is 1.59. The summed E-state index contributed by atoms with van der Waals surface area (Å²) in [5, 5.41) is 7.10. The predicted molar refractivity (Wildman–Crippen MR) is 103 cm³/mol. The van der Waals surface area contributed by atoms with Gasteiger partial charge < -0.3 is 14.5 Å². The van der Waals surface area contributed by atoms with Crippen LogP contribution in [0.3, 0.4) is 0 Å². The zero-order chi connectivity index (χ0) is 19.7. The molecule has 0 saturated carbocycles. The molecule has 0 bridgehead atoms. The van der Waals surface area contributed by atoms with Crippen LogP contribution < -0.4 is 15.6 Å². The molecule has 144 valence electrons. The number of carbonyl (C=O) groups excluding carboxylic acids is 1. The SMILES string of the molecule is CC[C@H](C(=O)NCc1cccc(OC)c1)n1ncn2c(cc3occc32)c1=O. The molecule has 4 aromatic rings. The summed E-state index contributed by atoms with van der Waals surface area (Å²) in [5.74, 6) is 0.458. The van der Waals surface area contributed by atoms with Gasteiger partial charge >= 0.3 is 0 Å². The van der Waals surface area contributed by atoms with Crippen LogP contribution in [0.2, 0.25) is 0 Å². The minimum atomic E-state index is -0.704. The van der Waals surface area contributed by atoms with E-state index in [0.717, 1.165) is 16.8 Å². The van der Waals surface area contributed by atoms with Crippen molar-refractivity contribution < 1.29 is 13.9 Å². The summed E-state index contributed by atoms with van der Waals surface area (Å²) in [7, 11) is 1.59. The van der Waals surface area contributed by atoms with E-state index >= 15 is 0 Å². The smallest absolute Gasteiger partial charge is 0.291 e. The Bertz CT molecular complexity index is 1200. The van der Waals surface area contributed by atoms with E-state index in [1.165, 1.54) is 11.0 Å². The van der Waals surface area contributed by atoms with Gasteiger partial charge in [0.25, 0.3) is 5.56 Å². The highest BCUT2D eigenvalue weighted by Crippen LogP contribution is 2.19. The van der Waals surface area contributed by atoms with Crippen molar-refractivity contribution in [2.75, 3.05) is 7.11 Å². The maximum absolute atomic E-state index is 12.9. The minimum Gasteiger partial charge on any atom is -0.497 e. The van der Waals surface area contributed by atoms with E-state index in [2.05, 4.69) is 10.4 Å². The van der Waals surface area contributed by atoms with Crippen LogP contribution in [0.4, 0.5) is 0 Å². The number of furan rings is 1. The Hall–Kier alpha value is -3.55. The molecule has 3 aromatic heterocycles. The lowest BCUT2D eigenvalue weighted by atomic mass is 10.2. The van der Waals surface area contributed by atoms with Gasteiger partial charge in [-0.1, -0.05) is 19.1 Å². The van der Waals surface area contributed by atoms with Crippen molar-refractivity contribution in [2.24, 2.45) is 0 Å². The van der Waals surface area contributed by atoms with Crippen LogP contribution in [0.1, 0.15) is 24.9 Å². The van der Waals surface area contributed by atoms with E-state index in [4.69, 9.17) is 9.15 Å². The lowest BCUT2D eigenvalue weighted by Crippen LogP contribution is -2.38. The van der Waals surface area contributed by atoms with E-state index in [9.17, 15) is 9.59 Å². The maximum Gasteiger partial charge on any atom is 0.291 e. The number of ether oxygens (including phenoxy) is 1. The topological polar surface area (TPSA) is 90.8 Å². The number of benzene rings is 1. The van der Waals surface area contributed by atoms with Crippen LogP contribution in [0.15, 0.2) is 58.2 Å². The standard InChI is InChI=1S/C20H20N4O4/c1-3-15(19(25)21-11-13-5-4-6-14(9-13)27-2)24-20(26)17-10-18-16(7-8-28-18)23(17)12-22-24/h4-10,12,15H,3,11H2,1-2H3,(H,21,25)/t15-/m1/s1. The molecule has 0 radical (unpaired) electrons. The fourth-order valence-corrected chi connectivity index (χ4v) is 3.29. The predicted octanol–water partition coefficient (Wildman–Crippen LogP) is 2.52. The monoisotopic (exact) mass is 380 g/mol. The van der Waals surface area contributed by atoms with Gasteiger partial charge in [-0.2, -0.15) is 5.10 Å². The molecule has 0 unspecified atom stereocenters. The molecule has 28 heavy (non-hydrogen) atoms. The maximum atomic E-state index is 12.9. The average molecular weight is 380 g/mol. The number of hydrogen-bond donors (Lipinski definition) is 1. The molecule has 1 atom stereocenters. The first-order valence-corrected chi connectivity index (χ1v) is 8.99. The Labute approximate surface area is 160 Å². The van der Waals surface area contributed by atoms with E-state index < -0.39 is 6.04 Å². The van der Waals surface area contributed by atoms with Gasteiger partial charge in [0, 0.05) is 18.7 Å². The van der Waals surface area contributed by atoms with Crippen LogP contribution in [0.5, 0.6) is 5.75 Å². The van der Waals surface area contributed by atoms with Crippen LogP contribution in [0, 0.1) is 0 Å². The summed E-state index contributed by atoms with van der Waals surface area (Å²) < 4.78 is 13.4. The van der Waals surface area contributed by atoms with Crippen LogP contribution in [0.25, 0.3) is 16.6 Å². The van der Waals surface area contributed by atoms with Gasteiger partial charge in [0.15, 0.2) is 5.58 Å². The van der Waals surface area contributed by atoms with Crippen molar-refractivity contribution in [1.29, 1.82) is 0 Å². The summed E-state index contributed by atoms with van der Waals surface area (Å²) in [4.78, 5) is 25.6. The number of fused-ring (bicyclic) bond motifs is 3. The molecule has 0 saturated heterocycles. The molecule has 8 heteroatoms. The van der Waals surface area contributed by atoms with Gasteiger partial charge in [-0.05, 0) is 24.1 Å².